The van der Waals surface area contributed by atoms with E-state index in [1.807, 2.05) is 32.0 Å². The van der Waals surface area contributed by atoms with Gasteiger partial charge in [-0.15, -0.1) is 0 Å². The van der Waals surface area contributed by atoms with Crippen molar-refractivity contribution in [3.05, 3.63) is 69.8 Å². The minimum absolute atomic E-state index is 0.0911. The number of nitrogens with zero attached hydrogens (tertiary/aromatic N) is 2. The number of hydrogen-bond donors (Lipinski definition) is 1. The van der Waals surface area contributed by atoms with Crippen molar-refractivity contribution < 1.29 is 14.5 Å². The second-order valence-corrected chi connectivity index (χ2v) is 6.24. The quantitative estimate of drug-likeness (QED) is 0.571. The van der Waals surface area contributed by atoms with Crippen molar-refractivity contribution in [1.29, 1.82) is 0 Å². The summed E-state index contributed by atoms with van der Waals surface area (Å²) in [6.07, 6.45) is 0.565. The molecule has 2 aromatic rings. The van der Waals surface area contributed by atoms with Gasteiger partial charge in [0.15, 0.2) is 0 Å². The maximum absolute atomic E-state index is 12.7. The third-order valence-corrected chi connectivity index (χ3v) is 4.13. The van der Waals surface area contributed by atoms with Gasteiger partial charge in [0, 0.05) is 23.9 Å². The fourth-order valence-corrected chi connectivity index (χ4v) is 2.75. The number of nitrogens with one attached hydrogen (secondary N) is 1. The van der Waals surface area contributed by atoms with Gasteiger partial charge in [-0.05, 0) is 25.0 Å². The summed E-state index contributed by atoms with van der Waals surface area (Å²) in [5.74, 6) is -0.611. The normalized spacial score (nSPS) is 10.3. The molecule has 7 nitrogen and oxygen atoms in total. The summed E-state index contributed by atoms with van der Waals surface area (Å²) in [6, 6.07) is 13.5. The van der Waals surface area contributed by atoms with Crippen LogP contribution >= 0.6 is 0 Å². The monoisotopic (exact) mass is 369 g/mol. The summed E-state index contributed by atoms with van der Waals surface area (Å²) >= 11 is 0. The van der Waals surface area contributed by atoms with Crippen LogP contribution in [0.4, 0.5) is 11.4 Å². The number of carbonyl (C=O) groups is 2. The molecular weight excluding hydrogens is 346 g/mol. The molecule has 0 heterocycles. The third-order valence-electron chi connectivity index (χ3n) is 4.13. The van der Waals surface area contributed by atoms with Gasteiger partial charge < -0.3 is 10.2 Å². The summed E-state index contributed by atoms with van der Waals surface area (Å²) in [4.78, 5) is 37.1. The summed E-state index contributed by atoms with van der Waals surface area (Å²) in [7, 11) is 0. The summed E-state index contributed by atoms with van der Waals surface area (Å²) < 4.78 is 0. The van der Waals surface area contributed by atoms with Gasteiger partial charge in [-0.25, -0.2) is 0 Å². The Morgan fingerprint density at radius 3 is 2.44 bits per heavy atom. The Morgan fingerprint density at radius 1 is 1.11 bits per heavy atom. The predicted octanol–water partition coefficient (Wildman–Crippen LogP) is 3.32. The highest BCUT2D eigenvalue weighted by Gasteiger charge is 2.21. The van der Waals surface area contributed by atoms with E-state index >= 15 is 0 Å². The van der Waals surface area contributed by atoms with Gasteiger partial charge in [0.2, 0.25) is 11.8 Å². The van der Waals surface area contributed by atoms with E-state index < -0.39 is 4.92 Å². The van der Waals surface area contributed by atoms with Crippen LogP contribution in [0, 0.1) is 17.0 Å². The molecule has 0 unspecified atom stereocenters. The number of amides is 2. The first kappa shape index (κ1) is 20.1. The van der Waals surface area contributed by atoms with Crippen LogP contribution in [-0.2, 0) is 16.0 Å². The van der Waals surface area contributed by atoms with Crippen LogP contribution in [-0.4, -0.2) is 34.7 Å². The van der Waals surface area contributed by atoms with Gasteiger partial charge >= 0.3 is 0 Å². The van der Waals surface area contributed by atoms with E-state index in [1.165, 1.54) is 11.0 Å². The van der Waals surface area contributed by atoms with E-state index in [0.717, 1.165) is 5.56 Å². The maximum atomic E-state index is 12.7. The lowest BCUT2D eigenvalue weighted by atomic mass is 10.1. The molecule has 0 atom stereocenters. The number of benzene rings is 2. The van der Waals surface area contributed by atoms with E-state index in [9.17, 15) is 19.7 Å². The van der Waals surface area contributed by atoms with Crippen LogP contribution < -0.4 is 5.32 Å². The molecule has 27 heavy (non-hydrogen) atoms. The van der Waals surface area contributed by atoms with Crippen molar-refractivity contribution in [2.24, 2.45) is 0 Å². The van der Waals surface area contributed by atoms with Crippen LogP contribution in [0.2, 0.25) is 0 Å². The zero-order valence-electron chi connectivity index (χ0n) is 15.5. The van der Waals surface area contributed by atoms with Gasteiger partial charge in [-0.2, -0.15) is 0 Å². The van der Waals surface area contributed by atoms with E-state index in [-0.39, 0.29) is 30.5 Å². The molecule has 7 heteroatoms. The predicted molar refractivity (Wildman–Crippen MR) is 103 cm³/mol. The number of hydrogen-bond acceptors (Lipinski definition) is 4. The number of anilines is 1. The van der Waals surface area contributed by atoms with Crippen LogP contribution in [0.25, 0.3) is 0 Å². The van der Waals surface area contributed by atoms with Gasteiger partial charge in [0.1, 0.15) is 0 Å². The molecule has 0 saturated heterocycles. The Labute approximate surface area is 158 Å². The summed E-state index contributed by atoms with van der Waals surface area (Å²) in [5.41, 5.74) is 1.88. The second kappa shape index (κ2) is 9.47. The lowest BCUT2D eigenvalue weighted by Gasteiger charge is -2.22. The Balaban J connectivity index is 2.08. The van der Waals surface area contributed by atoms with Crippen molar-refractivity contribution in [3.63, 3.8) is 0 Å². The van der Waals surface area contributed by atoms with Crippen molar-refractivity contribution in [2.75, 3.05) is 18.4 Å². The number of nitro groups is 1. The largest absolute Gasteiger partial charge is 0.333 e. The molecule has 0 aliphatic rings. The van der Waals surface area contributed by atoms with Crippen molar-refractivity contribution >= 4 is 23.2 Å². The number of carbonyl (C=O) groups excluding carboxylic acids is 2. The Bertz CT molecular complexity index is 835. The van der Waals surface area contributed by atoms with Crippen LogP contribution in [0.1, 0.15) is 24.5 Å². The Morgan fingerprint density at radius 2 is 1.78 bits per heavy atom. The lowest BCUT2D eigenvalue weighted by Crippen LogP contribution is -2.39. The van der Waals surface area contributed by atoms with Crippen LogP contribution in [0.5, 0.6) is 0 Å². The van der Waals surface area contributed by atoms with Crippen molar-refractivity contribution in [1.82, 2.24) is 4.90 Å². The number of nitro benzene ring substituents is 1. The smallest absolute Gasteiger partial charge is 0.273 e. The van der Waals surface area contributed by atoms with Crippen LogP contribution in [0.3, 0.4) is 0 Å². The molecule has 1 N–H and O–H groups in total. The first-order chi connectivity index (χ1) is 12.9. The second-order valence-electron chi connectivity index (χ2n) is 6.24. The zero-order chi connectivity index (χ0) is 19.8. The molecule has 0 aromatic heterocycles. The van der Waals surface area contributed by atoms with Gasteiger partial charge in [0.25, 0.3) is 5.69 Å². The highest BCUT2D eigenvalue weighted by Crippen LogP contribution is 2.19. The first-order valence-electron chi connectivity index (χ1n) is 8.78. The van der Waals surface area contributed by atoms with E-state index in [0.29, 0.717) is 24.2 Å². The molecule has 0 fully saturated rings. The standard InChI is InChI=1S/C20H23N3O4/c1-3-12-22(14-19(24)21-17-10-6-4-8-15(17)2)20(25)13-16-9-5-7-11-18(16)23(26)27/h4-11H,3,12-14H2,1-2H3,(H,21,24). The average Bonchev–Trinajstić information content (AvgIpc) is 2.63. The summed E-state index contributed by atoms with van der Waals surface area (Å²) in [6.45, 7) is 4.10. The number of rotatable bonds is 8. The van der Waals surface area contributed by atoms with E-state index in [1.54, 1.807) is 24.3 Å². The minimum atomic E-state index is -0.502. The maximum Gasteiger partial charge on any atom is 0.273 e. The van der Waals surface area contributed by atoms with Crippen molar-refractivity contribution in [2.45, 2.75) is 26.7 Å². The van der Waals surface area contributed by atoms with Crippen molar-refractivity contribution in [3.8, 4) is 0 Å². The summed E-state index contributed by atoms with van der Waals surface area (Å²) in [5, 5.41) is 13.9. The van der Waals surface area contributed by atoms with E-state index in [2.05, 4.69) is 5.32 Å². The molecule has 0 saturated carbocycles. The molecule has 2 amide bonds. The molecule has 0 aliphatic heterocycles. The van der Waals surface area contributed by atoms with Gasteiger partial charge in [0.05, 0.1) is 17.9 Å². The third kappa shape index (κ3) is 5.64. The Hall–Kier alpha value is -3.22. The zero-order valence-corrected chi connectivity index (χ0v) is 15.5. The lowest BCUT2D eigenvalue weighted by molar-refractivity contribution is -0.385. The molecule has 0 aliphatic carbocycles. The molecule has 142 valence electrons. The van der Waals surface area contributed by atoms with Gasteiger partial charge in [-0.3, -0.25) is 19.7 Å². The Kier molecular flexibility index (Phi) is 7.05. The average molecular weight is 369 g/mol. The van der Waals surface area contributed by atoms with Gasteiger partial charge in [-0.1, -0.05) is 43.3 Å². The van der Waals surface area contributed by atoms with E-state index in [4.69, 9.17) is 0 Å². The molecule has 0 bridgehead atoms. The molecule has 0 radical (unpaired) electrons. The highest BCUT2D eigenvalue weighted by molar-refractivity contribution is 5.95. The fraction of sp³-hybridized carbons (Fsp3) is 0.300. The molecule has 2 aromatic carbocycles. The number of para-hydroxylation sites is 2. The molecule has 0 spiro atoms. The molecule has 2 rings (SSSR count). The van der Waals surface area contributed by atoms with Crippen LogP contribution in [0.15, 0.2) is 48.5 Å². The fourth-order valence-electron chi connectivity index (χ4n) is 2.75. The molecular formula is C20H23N3O4. The minimum Gasteiger partial charge on any atom is -0.333 e. The number of aryl methyl sites for hydroxylation is 1. The SMILES string of the molecule is CCCN(CC(=O)Nc1ccccc1C)C(=O)Cc1ccccc1[N+](=O)[O-]. The first-order valence-corrected chi connectivity index (χ1v) is 8.78. The highest BCUT2D eigenvalue weighted by atomic mass is 16.6. The topological polar surface area (TPSA) is 92.6 Å².